The van der Waals surface area contributed by atoms with Crippen molar-refractivity contribution in [2.75, 3.05) is 74.0 Å². The quantitative estimate of drug-likeness (QED) is 0.204. The molecule has 0 bridgehead atoms. The summed E-state index contributed by atoms with van der Waals surface area (Å²) in [6.07, 6.45) is 1.44. The van der Waals surface area contributed by atoms with E-state index in [0.717, 1.165) is 0 Å². The van der Waals surface area contributed by atoms with E-state index < -0.39 is 29.5 Å². The highest BCUT2D eigenvalue weighted by molar-refractivity contribution is 7.92. The van der Waals surface area contributed by atoms with Gasteiger partial charge in [0.2, 0.25) is 0 Å². The Hall–Kier alpha value is -1.12. The van der Waals surface area contributed by atoms with Crippen molar-refractivity contribution in [1.29, 1.82) is 0 Å². The van der Waals surface area contributed by atoms with Crippen LogP contribution in [-0.2, 0) is 43.7 Å². The molecule has 0 saturated carbocycles. The molecule has 3 unspecified atom stereocenters. The zero-order valence-corrected chi connectivity index (χ0v) is 26.8. The molecule has 3 heterocycles. The van der Waals surface area contributed by atoms with Crippen LogP contribution in [0, 0.1) is 0 Å². The molecule has 3 fully saturated rings. The highest BCUT2D eigenvalue weighted by Crippen LogP contribution is 2.13. The van der Waals surface area contributed by atoms with Gasteiger partial charge in [-0.05, 0) is 55.9 Å². The summed E-state index contributed by atoms with van der Waals surface area (Å²) in [6, 6.07) is -0.786. The number of rotatable bonds is 12. The Morgan fingerprint density at radius 1 is 0.575 bits per heavy atom. The first-order valence-electron chi connectivity index (χ1n) is 12.8. The molecule has 0 radical (unpaired) electrons. The molecule has 3 N–H and O–H groups in total. The maximum Gasteiger partial charge on any atom is 0.256 e. The molecule has 3 rings (SSSR count). The molecular weight excluding hydrogens is 645 g/mol. The molecule has 0 spiro atoms. The molecule has 3 saturated heterocycles. The van der Waals surface area contributed by atoms with Crippen molar-refractivity contribution in [1.82, 2.24) is 20.9 Å². The molecular formula is C21H36N4O9S6. The second-order valence-corrected chi connectivity index (χ2v) is 17.8. The van der Waals surface area contributed by atoms with Crippen LogP contribution < -0.4 is 16.0 Å². The summed E-state index contributed by atoms with van der Waals surface area (Å²) in [6.45, 7) is 1.95. The van der Waals surface area contributed by atoms with Crippen LogP contribution in [0.3, 0.4) is 0 Å². The van der Waals surface area contributed by atoms with E-state index in [-0.39, 0.29) is 88.0 Å². The van der Waals surface area contributed by atoms with Crippen LogP contribution in [0.15, 0.2) is 0 Å². The van der Waals surface area contributed by atoms with E-state index >= 15 is 0 Å². The lowest BCUT2D eigenvalue weighted by Gasteiger charge is -2.24. The molecule has 0 amide bonds. The molecule has 19 heteroatoms. The molecule has 13 nitrogen and oxygen atoms in total. The summed E-state index contributed by atoms with van der Waals surface area (Å²) in [5, 5.41) is 9.18. The zero-order chi connectivity index (χ0) is 29.4. The Labute approximate surface area is 252 Å². The number of ether oxygens (including phenoxy) is 3. The lowest BCUT2D eigenvalue weighted by Crippen LogP contribution is -2.41. The normalized spacial score (nSPS) is 26.2. The van der Waals surface area contributed by atoms with Crippen molar-refractivity contribution in [3.63, 3.8) is 0 Å². The first-order valence-corrected chi connectivity index (χ1v) is 19.5. The van der Waals surface area contributed by atoms with Gasteiger partial charge in [-0.3, -0.25) is 4.90 Å². The van der Waals surface area contributed by atoms with Gasteiger partial charge in [0.25, 0.3) is 15.5 Å². The average molecular weight is 681 g/mol. The Kier molecular flexibility index (Phi) is 12.4. The maximum absolute atomic E-state index is 11.6. The fraction of sp³-hybridized carbons (Fsp3) is 0.857. The largest absolute Gasteiger partial charge is 0.470 e. The molecule has 0 aliphatic carbocycles. The third-order valence-corrected chi connectivity index (χ3v) is 12.6. The molecule has 230 valence electrons. The minimum Gasteiger partial charge on any atom is -0.470 e. The van der Waals surface area contributed by atoms with Crippen LogP contribution in [0.25, 0.3) is 0 Å². The maximum atomic E-state index is 11.6. The minimum absolute atomic E-state index is 0.0266. The molecule has 0 aromatic heterocycles. The third-order valence-electron chi connectivity index (χ3n) is 6.59. The number of hydrogen-bond acceptors (Lipinski definition) is 13. The molecule has 0 aromatic rings. The van der Waals surface area contributed by atoms with Crippen molar-refractivity contribution < 1.29 is 39.5 Å². The monoisotopic (exact) mass is 680 g/mol. The molecule has 40 heavy (non-hydrogen) atoms. The Morgan fingerprint density at radius 3 is 1.07 bits per heavy atom. The van der Waals surface area contributed by atoms with E-state index in [2.05, 4.69) is 16.0 Å². The van der Waals surface area contributed by atoms with Crippen LogP contribution in [0.5, 0.6) is 0 Å². The Balaban J connectivity index is 1.40. The highest BCUT2D eigenvalue weighted by atomic mass is 32.2. The Morgan fingerprint density at radius 2 is 0.850 bits per heavy atom. The molecule has 3 aliphatic heterocycles. The lowest BCUT2D eigenvalue weighted by atomic mass is 10.3. The van der Waals surface area contributed by atoms with Crippen LogP contribution in [0.2, 0.25) is 0 Å². The van der Waals surface area contributed by atoms with E-state index in [1.807, 2.05) is 4.90 Å². The first kappa shape index (κ1) is 33.4. The van der Waals surface area contributed by atoms with Crippen LogP contribution in [0.4, 0.5) is 0 Å². The van der Waals surface area contributed by atoms with Crippen molar-refractivity contribution in [2.24, 2.45) is 0 Å². The second kappa shape index (κ2) is 14.9. The number of sulfone groups is 3. The van der Waals surface area contributed by atoms with Crippen molar-refractivity contribution >= 4 is 81.7 Å². The van der Waals surface area contributed by atoms with Gasteiger partial charge in [0.05, 0.1) is 34.5 Å². The first-order chi connectivity index (χ1) is 18.7. The molecule has 3 atom stereocenters. The summed E-state index contributed by atoms with van der Waals surface area (Å²) in [4.78, 5) is 1.97. The van der Waals surface area contributed by atoms with Gasteiger partial charge in [-0.2, -0.15) is 0 Å². The number of hydrogen-bond donors (Lipinski definition) is 3. The summed E-state index contributed by atoms with van der Waals surface area (Å²) in [5.74, 6) is 0.459. The van der Waals surface area contributed by atoms with Crippen molar-refractivity contribution in [3.05, 3.63) is 0 Å². The van der Waals surface area contributed by atoms with Crippen molar-refractivity contribution in [3.8, 4) is 0 Å². The van der Waals surface area contributed by atoms with Gasteiger partial charge in [-0.1, -0.05) is 0 Å². The van der Waals surface area contributed by atoms with Crippen LogP contribution >= 0.6 is 36.7 Å². The minimum atomic E-state index is -3.04. The van der Waals surface area contributed by atoms with Gasteiger partial charge >= 0.3 is 0 Å². The summed E-state index contributed by atoms with van der Waals surface area (Å²) < 4.78 is 86.6. The summed E-state index contributed by atoms with van der Waals surface area (Å²) >= 11 is 15.6. The van der Waals surface area contributed by atoms with Gasteiger partial charge in [0.1, 0.15) is 19.8 Å². The van der Waals surface area contributed by atoms with E-state index in [0.29, 0.717) is 38.9 Å². The third kappa shape index (κ3) is 12.4. The van der Waals surface area contributed by atoms with Gasteiger partial charge < -0.3 is 30.2 Å². The van der Waals surface area contributed by atoms with E-state index in [4.69, 9.17) is 50.9 Å². The second-order valence-electron chi connectivity index (χ2n) is 9.98. The SMILES string of the molecule is O=S1(=O)CCC(NC(=S)OCCN(CCOC(=S)NC2CCS(=O)(=O)C2)CCOC(=S)NC2CCS(=O)(=O)C2)C1. The Bertz CT molecular complexity index is 1090. The van der Waals surface area contributed by atoms with Gasteiger partial charge in [0, 0.05) is 37.8 Å². The molecule has 3 aliphatic rings. The van der Waals surface area contributed by atoms with Crippen LogP contribution in [0.1, 0.15) is 19.3 Å². The van der Waals surface area contributed by atoms with Gasteiger partial charge in [0.15, 0.2) is 29.5 Å². The fourth-order valence-corrected chi connectivity index (χ4v) is 10.3. The fourth-order valence-electron chi connectivity index (χ4n) is 4.49. The van der Waals surface area contributed by atoms with Crippen LogP contribution in [-0.4, -0.2) is 138 Å². The summed E-state index contributed by atoms with van der Waals surface area (Å²) in [7, 11) is -9.12. The topological polar surface area (TPSA) is 169 Å². The van der Waals surface area contributed by atoms with Crippen molar-refractivity contribution in [2.45, 2.75) is 37.4 Å². The number of nitrogens with one attached hydrogen (secondary N) is 3. The van der Waals surface area contributed by atoms with Gasteiger partial charge in [-0.15, -0.1) is 0 Å². The average Bonchev–Trinajstić information content (AvgIpc) is 3.47. The van der Waals surface area contributed by atoms with E-state index in [9.17, 15) is 25.3 Å². The number of thiocarbonyl (C=S) groups is 3. The van der Waals surface area contributed by atoms with E-state index in [1.54, 1.807) is 0 Å². The predicted octanol–water partition coefficient (Wildman–Crippen LogP) is -1.48. The smallest absolute Gasteiger partial charge is 0.256 e. The standard InChI is InChI=1S/C21H36N4O9S6/c26-38(27)10-1-16(13-38)22-19(35)32-7-4-25(5-8-33-20(36)23-17-2-11-39(28,29)14-17)6-9-34-21(37)24-18-3-12-40(30,31)15-18/h16-18H,1-15H2,(H,22,35)(H,23,36)(H,24,37). The van der Waals surface area contributed by atoms with Gasteiger partial charge in [-0.25, -0.2) is 25.3 Å². The molecule has 0 aromatic carbocycles. The summed E-state index contributed by atoms with van der Waals surface area (Å²) in [5.41, 5.74) is 0. The lowest BCUT2D eigenvalue weighted by molar-refractivity contribution is 0.142. The predicted molar refractivity (Wildman–Crippen MR) is 163 cm³/mol. The van der Waals surface area contributed by atoms with E-state index in [1.165, 1.54) is 0 Å². The highest BCUT2D eigenvalue weighted by Gasteiger charge is 2.30. The number of nitrogens with zero attached hydrogens (tertiary/aromatic N) is 1. The zero-order valence-electron chi connectivity index (χ0n) is 21.9.